The van der Waals surface area contributed by atoms with E-state index in [0.717, 1.165) is 0 Å². The number of nitro groups is 4. The molecule has 0 amide bonds. The van der Waals surface area contributed by atoms with Crippen molar-refractivity contribution >= 4 is 0 Å². The van der Waals surface area contributed by atoms with Gasteiger partial charge in [0.25, 0.3) is 0 Å². The monoisotopic (exact) mass is 280 g/mol. The van der Waals surface area contributed by atoms with Gasteiger partial charge in [0, 0.05) is 0 Å². The smallest absolute Gasteiger partial charge is 0.234 e. The summed E-state index contributed by atoms with van der Waals surface area (Å²) in [6.07, 6.45) is 0. The molecule has 2 heterocycles. The van der Waals surface area contributed by atoms with E-state index in [1.54, 1.807) is 0 Å². The Kier molecular flexibility index (Phi) is 2.19. The largest absolute Gasteiger partial charge is 0.485 e. The van der Waals surface area contributed by atoms with Crippen molar-refractivity contribution in [1.29, 1.82) is 0 Å². The Bertz CT molecular complexity index is 403. The van der Waals surface area contributed by atoms with Crippen LogP contribution in [0.4, 0.5) is 0 Å². The van der Waals surface area contributed by atoms with E-state index in [1.165, 1.54) is 0 Å². The number of nitrogens with zero attached hydrogens (tertiary/aromatic N) is 8. The van der Waals surface area contributed by atoms with Crippen molar-refractivity contribution in [3.63, 3.8) is 0 Å². The SMILES string of the molecule is O=[N+]([O-])N1CN([N+](=O)[O-])C12N([N+](=O)[O-])CN2[N+](=O)[O-]. The summed E-state index contributed by atoms with van der Waals surface area (Å²) in [5.74, 6) is -2.76. The molecule has 0 saturated carbocycles. The van der Waals surface area contributed by atoms with E-state index >= 15 is 0 Å². The Balaban J connectivity index is 2.46. The predicted molar refractivity (Wildman–Crippen MR) is 47.8 cm³/mol. The van der Waals surface area contributed by atoms with Crippen molar-refractivity contribution in [3.05, 3.63) is 40.5 Å². The van der Waals surface area contributed by atoms with Crippen molar-refractivity contribution in [2.24, 2.45) is 0 Å². The quantitative estimate of drug-likeness (QED) is 0.390. The standard InChI is InChI=1S/C3H4N8O8/c12-8(13)4-1-5(9(14)15)3(4)6(10(16)17)2-7(3)11(18)19/h1-2H2. The fraction of sp³-hybridized carbons (Fsp3) is 1.00. The van der Waals surface area contributed by atoms with Crippen LogP contribution < -0.4 is 0 Å². The highest BCUT2D eigenvalue weighted by atomic mass is 16.7. The Morgan fingerprint density at radius 1 is 0.632 bits per heavy atom. The van der Waals surface area contributed by atoms with Gasteiger partial charge in [0.2, 0.25) is 13.3 Å². The van der Waals surface area contributed by atoms with Crippen LogP contribution in [0.2, 0.25) is 0 Å². The number of rotatable bonds is 4. The van der Waals surface area contributed by atoms with Gasteiger partial charge in [-0.05, 0) is 20.0 Å². The van der Waals surface area contributed by atoms with Gasteiger partial charge in [-0.3, -0.25) is 0 Å². The highest BCUT2D eigenvalue weighted by Crippen LogP contribution is 2.44. The summed E-state index contributed by atoms with van der Waals surface area (Å²) < 4.78 is 0. The summed E-state index contributed by atoms with van der Waals surface area (Å²) >= 11 is 0. The third-order valence-electron chi connectivity index (χ3n) is 2.71. The van der Waals surface area contributed by atoms with E-state index in [0.29, 0.717) is 0 Å². The summed E-state index contributed by atoms with van der Waals surface area (Å²) in [4.78, 5) is 42.7. The minimum atomic E-state index is -2.76. The van der Waals surface area contributed by atoms with Crippen LogP contribution in [0.15, 0.2) is 0 Å². The average Bonchev–Trinajstić information content (AvgIpc) is 2.10. The van der Waals surface area contributed by atoms with Gasteiger partial charge in [-0.15, -0.1) is 0 Å². The molecule has 16 heteroatoms. The summed E-state index contributed by atoms with van der Waals surface area (Å²) in [5.41, 5.74) is 0. The summed E-state index contributed by atoms with van der Waals surface area (Å²) in [6.45, 7) is -1.84. The Morgan fingerprint density at radius 2 is 0.842 bits per heavy atom. The first kappa shape index (κ1) is 12.3. The minimum Gasteiger partial charge on any atom is -0.234 e. The fourth-order valence-electron chi connectivity index (χ4n) is 1.92. The molecule has 1 spiro atoms. The van der Waals surface area contributed by atoms with Gasteiger partial charge in [-0.25, -0.2) is 40.5 Å². The van der Waals surface area contributed by atoms with Crippen molar-refractivity contribution in [1.82, 2.24) is 20.0 Å². The Labute approximate surface area is 101 Å². The molecule has 16 nitrogen and oxygen atoms in total. The first-order valence-corrected chi connectivity index (χ1v) is 4.42. The lowest BCUT2D eigenvalue weighted by atomic mass is 10.3. The van der Waals surface area contributed by atoms with Crippen molar-refractivity contribution in [2.75, 3.05) is 13.3 Å². The van der Waals surface area contributed by atoms with E-state index in [4.69, 9.17) is 0 Å². The van der Waals surface area contributed by atoms with Crippen LogP contribution in [0.25, 0.3) is 0 Å². The third-order valence-corrected chi connectivity index (χ3v) is 2.71. The normalized spacial score (nSPS) is 19.8. The molecule has 0 aromatic rings. The highest BCUT2D eigenvalue weighted by molar-refractivity contribution is 4.90. The van der Waals surface area contributed by atoms with Crippen molar-refractivity contribution in [2.45, 2.75) is 5.91 Å². The minimum absolute atomic E-state index is 0.0326. The van der Waals surface area contributed by atoms with Crippen molar-refractivity contribution < 1.29 is 20.1 Å². The van der Waals surface area contributed by atoms with Crippen LogP contribution in [-0.4, -0.2) is 59.4 Å². The summed E-state index contributed by atoms with van der Waals surface area (Å²) in [6, 6.07) is 0. The molecular weight excluding hydrogens is 276 g/mol. The fourth-order valence-corrected chi connectivity index (χ4v) is 1.92. The van der Waals surface area contributed by atoms with Gasteiger partial charge in [0.1, 0.15) is 0 Å². The summed E-state index contributed by atoms with van der Waals surface area (Å²) in [7, 11) is 0. The van der Waals surface area contributed by atoms with Gasteiger partial charge < -0.3 is 0 Å². The van der Waals surface area contributed by atoms with Crippen LogP contribution in [0.3, 0.4) is 0 Å². The zero-order valence-electron chi connectivity index (χ0n) is 8.76. The van der Waals surface area contributed by atoms with E-state index in [-0.39, 0.29) is 20.0 Å². The molecule has 2 saturated heterocycles. The molecule has 0 bridgehead atoms. The van der Waals surface area contributed by atoms with E-state index in [1.807, 2.05) is 0 Å². The van der Waals surface area contributed by atoms with E-state index in [2.05, 4.69) is 0 Å². The summed E-state index contributed by atoms with van der Waals surface area (Å²) in [5, 5.41) is 38.1. The zero-order chi connectivity index (χ0) is 14.5. The molecule has 0 atom stereocenters. The third kappa shape index (κ3) is 1.21. The van der Waals surface area contributed by atoms with Gasteiger partial charge >= 0.3 is 5.91 Å². The first-order chi connectivity index (χ1) is 8.74. The van der Waals surface area contributed by atoms with Gasteiger partial charge in [-0.1, -0.05) is 0 Å². The molecule has 2 fully saturated rings. The second kappa shape index (κ2) is 3.40. The lowest BCUT2D eigenvalue weighted by Crippen LogP contribution is -2.96. The molecule has 0 aliphatic carbocycles. The number of hydrogen-bond acceptors (Lipinski definition) is 8. The maximum absolute atomic E-state index is 10.7. The lowest BCUT2D eigenvalue weighted by Gasteiger charge is -2.54. The maximum atomic E-state index is 10.7. The highest BCUT2D eigenvalue weighted by Gasteiger charge is 2.88. The topological polar surface area (TPSA) is 186 Å². The van der Waals surface area contributed by atoms with Crippen molar-refractivity contribution in [3.8, 4) is 0 Å². The Hall–Kier alpha value is -3.20. The van der Waals surface area contributed by atoms with Crippen LogP contribution in [0.1, 0.15) is 0 Å². The van der Waals surface area contributed by atoms with Gasteiger partial charge in [0.15, 0.2) is 20.1 Å². The molecule has 104 valence electrons. The maximum Gasteiger partial charge on any atom is 0.485 e. The Morgan fingerprint density at radius 3 is 1.00 bits per heavy atom. The van der Waals surface area contributed by atoms with E-state index in [9.17, 15) is 40.5 Å². The molecular formula is C3H4N8O8. The van der Waals surface area contributed by atoms with E-state index < -0.39 is 39.4 Å². The molecule has 0 aromatic heterocycles. The van der Waals surface area contributed by atoms with Crippen LogP contribution >= 0.6 is 0 Å². The molecule has 19 heavy (non-hydrogen) atoms. The molecule has 0 aromatic carbocycles. The predicted octanol–water partition coefficient (Wildman–Crippen LogP) is -2.49. The van der Waals surface area contributed by atoms with Crippen LogP contribution in [0.5, 0.6) is 0 Å². The van der Waals surface area contributed by atoms with Gasteiger partial charge in [-0.2, -0.15) is 0 Å². The molecule has 2 aliphatic rings. The number of hydrazine groups is 4. The average molecular weight is 280 g/mol. The molecule has 2 rings (SSSR count). The zero-order valence-corrected chi connectivity index (χ0v) is 8.76. The lowest BCUT2D eigenvalue weighted by molar-refractivity contribution is -0.947. The molecule has 0 unspecified atom stereocenters. The number of hydrogen-bond donors (Lipinski definition) is 0. The molecule has 0 radical (unpaired) electrons. The van der Waals surface area contributed by atoms with Crippen LogP contribution in [0, 0.1) is 40.5 Å². The molecule has 2 aliphatic heterocycles. The van der Waals surface area contributed by atoms with Crippen LogP contribution in [-0.2, 0) is 0 Å². The second-order valence-corrected chi connectivity index (χ2v) is 3.43. The van der Waals surface area contributed by atoms with Gasteiger partial charge in [0.05, 0.1) is 0 Å². The second-order valence-electron chi connectivity index (χ2n) is 3.43. The molecule has 0 N–H and O–H groups in total. The first-order valence-electron chi connectivity index (χ1n) is 4.42.